The van der Waals surface area contributed by atoms with Crippen molar-refractivity contribution in [2.75, 3.05) is 0 Å². The summed E-state index contributed by atoms with van der Waals surface area (Å²) in [5.41, 5.74) is 5.72. The Morgan fingerprint density at radius 2 is 1.84 bits per heavy atom. The molecule has 0 spiro atoms. The van der Waals surface area contributed by atoms with Gasteiger partial charge in [-0.1, -0.05) is 63.3 Å². The van der Waals surface area contributed by atoms with E-state index in [9.17, 15) is 0 Å². The molecule has 0 radical (unpaired) electrons. The molecule has 106 valence electrons. The molecule has 1 aromatic carbocycles. The lowest BCUT2D eigenvalue weighted by Gasteiger charge is -2.24. The molecule has 1 fully saturated rings. The molecule has 19 heavy (non-hydrogen) atoms. The number of hydrogen-bond donors (Lipinski definition) is 2. The van der Waals surface area contributed by atoms with E-state index in [-0.39, 0.29) is 0 Å². The molecule has 0 aliphatic heterocycles. The Kier molecular flexibility index (Phi) is 5.87. The topological polar surface area (TPSA) is 38.0 Å². The molecule has 1 aliphatic carbocycles. The maximum Gasteiger partial charge on any atom is 0.0460 e. The summed E-state index contributed by atoms with van der Waals surface area (Å²) < 4.78 is 0. The minimum absolute atomic E-state index is 0.313. The molecule has 0 aromatic heterocycles. The van der Waals surface area contributed by atoms with Gasteiger partial charge in [0.25, 0.3) is 0 Å². The predicted octanol–water partition coefficient (Wildman–Crippen LogP) is 4.11. The van der Waals surface area contributed by atoms with Gasteiger partial charge in [0.15, 0.2) is 0 Å². The third-order valence-corrected chi connectivity index (χ3v) is 4.58. The van der Waals surface area contributed by atoms with Gasteiger partial charge in [0, 0.05) is 6.04 Å². The average Bonchev–Trinajstić information content (AvgIpc) is 2.49. The molecule has 3 N–H and O–H groups in total. The van der Waals surface area contributed by atoms with Crippen LogP contribution in [-0.2, 0) is 6.42 Å². The van der Waals surface area contributed by atoms with Gasteiger partial charge in [0.1, 0.15) is 0 Å². The Labute approximate surface area is 117 Å². The summed E-state index contributed by atoms with van der Waals surface area (Å²) in [5, 5.41) is 0. The van der Waals surface area contributed by atoms with E-state index in [0.717, 1.165) is 18.8 Å². The zero-order valence-corrected chi connectivity index (χ0v) is 12.2. The van der Waals surface area contributed by atoms with E-state index in [2.05, 4.69) is 36.6 Å². The van der Waals surface area contributed by atoms with Gasteiger partial charge < -0.3 is 0 Å². The van der Waals surface area contributed by atoms with Crippen molar-refractivity contribution < 1.29 is 0 Å². The number of benzene rings is 1. The van der Waals surface area contributed by atoms with Crippen LogP contribution < -0.4 is 11.3 Å². The smallest absolute Gasteiger partial charge is 0.0460 e. The first-order chi connectivity index (χ1) is 9.33. The number of aryl methyl sites for hydroxylation is 1. The molecular weight excluding hydrogens is 232 g/mol. The van der Waals surface area contributed by atoms with Crippen LogP contribution >= 0.6 is 0 Å². The largest absolute Gasteiger partial charge is 0.271 e. The first-order valence-corrected chi connectivity index (χ1v) is 7.88. The van der Waals surface area contributed by atoms with E-state index in [0.29, 0.717) is 6.04 Å². The lowest BCUT2D eigenvalue weighted by atomic mass is 9.84. The number of rotatable bonds is 6. The fraction of sp³-hybridized carbons (Fsp3) is 0.647. The summed E-state index contributed by atoms with van der Waals surface area (Å²) in [6.07, 6.45) is 10.7. The van der Waals surface area contributed by atoms with Crippen molar-refractivity contribution in [1.82, 2.24) is 5.43 Å². The molecule has 2 nitrogen and oxygen atoms in total. The van der Waals surface area contributed by atoms with Crippen LogP contribution in [0.25, 0.3) is 0 Å². The second-order valence-corrected chi connectivity index (χ2v) is 5.90. The fourth-order valence-corrected chi connectivity index (χ4v) is 3.21. The lowest BCUT2D eigenvalue weighted by molar-refractivity contribution is 0.315. The molecular formula is C17H28N2. The van der Waals surface area contributed by atoms with Gasteiger partial charge in [0.05, 0.1) is 0 Å². The molecule has 1 atom stereocenters. The maximum absolute atomic E-state index is 5.74. The van der Waals surface area contributed by atoms with E-state index in [1.165, 1.54) is 49.7 Å². The van der Waals surface area contributed by atoms with Crippen molar-refractivity contribution in [2.45, 2.75) is 64.3 Å². The highest BCUT2D eigenvalue weighted by molar-refractivity contribution is 5.24. The summed E-state index contributed by atoms with van der Waals surface area (Å²) in [5.74, 6) is 6.67. The van der Waals surface area contributed by atoms with Crippen LogP contribution in [0.2, 0.25) is 0 Å². The first kappa shape index (κ1) is 14.5. The highest BCUT2D eigenvalue weighted by Gasteiger charge is 2.16. The Morgan fingerprint density at radius 1 is 1.16 bits per heavy atom. The Morgan fingerprint density at radius 3 is 2.42 bits per heavy atom. The normalized spacial score (nSPS) is 18.4. The Hall–Kier alpha value is -0.860. The van der Waals surface area contributed by atoms with E-state index in [4.69, 9.17) is 5.84 Å². The highest BCUT2D eigenvalue weighted by Crippen LogP contribution is 2.30. The quantitative estimate of drug-likeness (QED) is 0.596. The summed E-state index contributed by atoms with van der Waals surface area (Å²) in [4.78, 5) is 0. The summed E-state index contributed by atoms with van der Waals surface area (Å²) in [6, 6.07) is 9.21. The van der Waals surface area contributed by atoms with Crippen molar-refractivity contribution in [3.05, 3.63) is 35.4 Å². The van der Waals surface area contributed by atoms with Gasteiger partial charge in [-0.05, 0) is 36.3 Å². The van der Waals surface area contributed by atoms with Gasteiger partial charge in [-0.15, -0.1) is 0 Å². The van der Waals surface area contributed by atoms with Crippen molar-refractivity contribution >= 4 is 0 Å². The van der Waals surface area contributed by atoms with Crippen LogP contribution in [0.3, 0.4) is 0 Å². The molecule has 1 aliphatic rings. The summed E-state index contributed by atoms with van der Waals surface area (Å²) in [6.45, 7) is 2.19. The zero-order chi connectivity index (χ0) is 13.5. The van der Waals surface area contributed by atoms with E-state index < -0.39 is 0 Å². The zero-order valence-electron chi connectivity index (χ0n) is 12.2. The van der Waals surface area contributed by atoms with Crippen LogP contribution in [0.4, 0.5) is 0 Å². The molecule has 1 aromatic rings. The summed E-state index contributed by atoms with van der Waals surface area (Å²) >= 11 is 0. The molecule has 2 rings (SSSR count). The van der Waals surface area contributed by atoms with Gasteiger partial charge in [-0.2, -0.15) is 0 Å². The summed E-state index contributed by atoms with van der Waals surface area (Å²) in [7, 11) is 0. The number of hydrazine groups is 1. The number of hydrogen-bond acceptors (Lipinski definition) is 2. The number of nitrogens with two attached hydrogens (primary N) is 1. The monoisotopic (exact) mass is 260 g/mol. The van der Waals surface area contributed by atoms with Gasteiger partial charge in [-0.3, -0.25) is 11.3 Å². The predicted molar refractivity (Wildman–Crippen MR) is 81.7 cm³/mol. The molecule has 0 saturated heterocycles. The number of nitrogens with one attached hydrogen (secondary N) is 1. The van der Waals surface area contributed by atoms with Crippen LogP contribution in [0.1, 0.15) is 69.0 Å². The van der Waals surface area contributed by atoms with Gasteiger partial charge in [-0.25, -0.2) is 0 Å². The molecule has 0 bridgehead atoms. The van der Waals surface area contributed by atoms with Gasteiger partial charge in [0.2, 0.25) is 0 Å². The first-order valence-electron chi connectivity index (χ1n) is 7.88. The SMILES string of the molecule is CCc1ccc(C(CCC2CCCCC2)NN)cc1. The molecule has 1 unspecified atom stereocenters. The van der Waals surface area contributed by atoms with Crippen LogP contribution in [0.15, 0.2) is 24.3 Å². The standard InChI is InChI=1S/C17H28N2/c1-2-14-8-11-16(12-9-14)17(19-18)13-10-15-6-4-3-5-7-15/h8-9,11-12,15,17,19H,2-7,10,13,18H2,1H3. The van der Waals surface area contributed by atoms with Crippen LogP contribution in [0.5, 0.6) is 0 Å². The molecule has 0 heterocycles. The van der Waals surface area contributed by atoms with Crippen molar-refractivity contribution in [1.29, 1.82) is 0 Å². The van der Waals surface area contributed by atoms with E-state index in [1.807, 2.05) is 0 Å². The maximum atomic E-state index is 5.74. The van der Waals surface area contributed by atoms with Crippen molar-refractivity contribution in [3.63, 3.8) is 0 Å². The van der Waals surface area contributed by atoms with E-state index >= 15 is 0 Å². The average molecular weight is 260 g/mol. The van der Waals surface area contributed by atoms with Gasteiger partial charge >= 0.3 is 0 Å². The van der Waals surface area contributed by atoms with Crippen LogP contribution in [-0.4, -0.2) is 0 Å². The Balaban J connectivity index is 1.87. The Bertz CT molecular complexity index is 352. The molecule has 2 heteroatoms. The molecule has 0 amide bonds. The minimum Gasteiger partial charge on any atom is -0.271 e. The molecule has 1 saturated carbocycles. The van der Waals surface area contributed by atoms with Crippen LogP contribution in [0, 0.1) is 5.92 Å². The van der Waals surface area contributed by atoms with E-state index in [1.54, 1.807) is 0 Å². The fourth-order valence-electron chi connectivity index (χ4n) is 3.21. The van der Waals surface area contributed by atoms with Crippen molar-refractivity contribution in [2.24, 2.45) is 11.8 Å². The second kappa shape index (κ2) is 7.66. The highest BCUT2D eigenvalue weighted by atomic mass is 15.2. The third-order valence-electron chi connectivity index (χ3n) is 4.58. The minimum atomic E-state index is 0.313. The second-order valence-electron chi connectivity index (χ2n) is 5.90. The van der Waals surface area contributed by atoms with Crippen molar-refractivity contribution in [3.8, 4) is 0 Å². The lowest BCUT2D eigenvalue weighted by Crippen LogP contribution is -2.28. The third kappa shape index (κ3) is 4.32.